The zero-order valence-electron chi connectivity index (χ0n) is 19.8. The molecule has 0 aromatic heterocycles. The van der Waals surface area contributed by atoms with Gasteiger partial charge in [0.1, 0.15) is 12.1 Å². The molecule has 7 heteroatoms. The minimum absolute atomic E-state index is 0.00783. The lowest BCUT2D eigenvalue weighted by atomic mass is 9.87. The van der Waals surface area contributed by atoms with Crippen LogP contribution >= 0.6 is 0 Å². The molecule has 3 amide bonds. The molecule has 1 aromatic rings. The quantitative estimate of drug-likeness (QED) is 0.576. The number of likely N-dealkylation sites (tertiary alicyclic amines) is 1. The van der Waals surface area contributed by atoms with E-state index in [1.165, 1.54) is 11.1 Å². The fourth-order valence-corrected chi connectivity index (χ4v) is 4.75. The summed E-state index contributed by atoms with van der Waals surface area (Å²) in [7, 11) is 1.72. The number of carbonyl (C=O) groups is 3. The van der Waals surface area contributed by atoms with Gasteiger partial charge in [-0.25, -0.2) is 0 Å². The van der Waals surface area contributed by atoms with Gasteiger partial charge in [-0.2, -0.15) is 0 Å². The van der Waals surface area contributed by atoms with Crippen molar-refractivity contribution in [3.05, 3.63) is 35.4 Å². The third-order valence-corrected chi connectivity index (χ3v) is 7.13. The van der Waals surface area contributed by atoms with Crippen LogP contribution in [-0.2, 0) is 20.8 Å². The lowest BCUT2D eigenvalue weighted by Gasteiger charge is -2.33. The molecule has 5 unspecified atom stereocenters. The van der Waals surface area contributed by atoms with Gasteiger partial charge in [-0.3, -0.25) is 14.4 Å². The smallest absolute Gasteiger partial charge is 0.246 e. The molecular formula is C25H38N4O3. The van der Waals surface area contributed by atoms with Crippen molar-refractivity contribution in [1.82, 2.24) is 20.9 Å². The molecule has 1 heterocycles. The van der Waals surface area contributed by atoms with Gasteiger partial charge in [0.25, 0.3) is 0 Å². The molecule has 0 radical (unpaired) electrons. The Morgan fingerprint density at radius 1 is 1.12 bits per heavy atom. The molecule has 0 spiro atoms. The average molecular weight is 443 g/mol. The van der Waals surface area contributed by atoms with Crippen molar-refractivity contribution in [2.24, 2.45) is 5.92 Å². The SMILES string of the molecule is CCC(C)C(NC(=O)C(C)NC)C(=O)N1CCCC1C(=O)NC1CCCc2ccccc21. The Hall–Kier alpha value is -2.41. The number of nitrogens with one attached hydrogen (secondary N) is 3. The van der Waals surface area contributed by atoms with Crippen LogP contribution in [0, 0.1) is 5.92 Å². The number of benzene rings is 1. The number of carbonyl (C=O) groups excluding carboxylic acids is 3. The lowest BCUT2D eigenvalue weighted by Crippen LogP contribution is -2.57. The summed E-state index contributed by atoms with van der Waals surface area (Å²) < 4.78 is 0. The van der Waals surface area contributed by atoms with Crippen LogP contribution in [0.2, 0.25) is 0 Å². The minimum Gasteiger partial charge on any atom is -0.347 e. The molecular weight excluding hydrogens is 404 g/mol. The van der Waals surface area contributed by atoms with E-state index in [4.69, 9.17) is 0 Å². The molecule has 1 aromatic carbocycles. The normalized spacial score (nSPS) is 23.1. The van der Waals surface area contributed by atoms with E-state index < -0.39 is 18.1 Å². The van der Waals surface area contributed by atoms with Crippen LogP contribution in [0.3, 0.4) is 0 Å². The zero-order chi connectivity index (χ0) is 23.3. The fourth-order valence-electron chi connectivity index (χ4n) is 4.75. The maximum Gasteiger partial charge on any atom is 0.246 e. The molecule has 7 nitrogen and oxygen atoms in total. The van der Waals surface area contributed by atoms with Crippen LogP contribution in [0.1, 0.15) is 70.0 Å². The van der Waals surface area contributed by atoms with Gasteiger partial charge in [0.15, 0.2) is 0 Å². The van der Waals surface area contributed by atoms with Crippen LogP contribution in [-0.4, -0.2) is 54.3 Å². The van der Waals surface area contributed by atoms with E-state index in [9.17, 15) is 14.4 Å². The maximum absolute atomic E-state index is 13.5. The molecule has 0 saturated carbocycles. The second-order valence-electron chi connectivity index (χ2n) is 9.22. The molecule has 1 fully saturated rings. The first-order valence-electron chi connectivity index (χ1n) is 12.0. The highest BCUT2D eigenvalue weighted by Gasteiger charge is 2.40. The van der Waals surface area contributed by atoms with Gasteiger partial charge in [0.05, 0.1) is 12.1 Å². The molecule has 3 rings (SSSR count). The van der Waals surface area contributed by atoms with E-state index >= 15 is 0 Å². The highest BCUT2D eigenvalue weighted by molar-refractivity contribution is 5.93. The van der Waals surface area contributed by atoms with Crippen LogP contribution < -0.4 is 16.0 Å². The van der Waals surface area contributed by atoms with Crippen molar-refractivity contribution >= 4 is 17.7 Å². The van der Waals surface area contributed by atoms with E-state index in [0.29, 0.717) is 13.0 Å². The summed E-state index contributed by atoms with van der Waals surface area (Å²) in [5, 5.41) is 9.06. The largest absolute Gasteiger partial charge is 0.347 e. The number of aryl methyl sites for hydroxylation is 1. The Morgan fingerprint density at radius 3 is 2.59 bits per heavy atom. The van der Waals surface area contributed by atoms with Crippen LogP contribution in [0.25, 0.3) is 0 Å². The standard InChI is InChI=1S/C25H38N4O3/c1-5-16(2)22(28-23(30)17(3)26-4)25(32)29-15-9-14-21(29)24(31)27-20-13-8-11-18-10-6-7-12-19(18)20/h6-7,10,12,16-17,20-22,26H,5,8-9,11,13-15H2,1-4H3,(H,27,31)(H,28,30). The minimum atomic E-state index is -0.632. The number of rotatable bonds is 8. The molecule has 5 atom stereocenters. The third-order valence-electron chi connectivity index (χ3n) is 7.13. The number of fused-ring (bicyclic) bond motifs is 1. The summed E-state index contributed by atoms with van der Waals surface area (Å²) >= 11 is 0. The van der Waals surface area contributed by atoms with Crippen LogP contribution in [0.15, 0.2) is 24.3 Å². The van der Waals surface area contributed by atoms with Gasteiger partial charge < -0.3 is 20.9 Å². The number of amides is 3. The van der Waals surface area contributed by atoms with Crippen LogP contribution in [0.4, 0.5) is 0 Å². The second-order valence-corrected chi connectivity index (χ2v) is 9.22. The number of nitrogens with zero attached hydrogens (tertiary/aromatic N) is 1. The highest BCUT2D eigenvalue weighted by atomic mass is 16.2. The van der Waals surface area contributed by atoms with E-state index in [0.717, 1.165) is 32.1 Å². The van der Waals surface area contributed by atoms with Crippen molar-refractivity contribution in [3.8, 4) is 0 Å². The Bertz CT molecular complexity index is 827. The monoisotopic (exact) mass is 442 g/mol. The third kappa shape index (κ3) is 5.31. The number of hydrogen-bond acceptors (Lipinski definition) is 4. The second kappa shape index (κ2) is 10.9. The van der Waals surface area contributed by atoms with Crippen molar-refractivity contribution < 1.29 is 14.4 Å². The van der Waals surface area contributed by atoms with Gasteiger partial charge in [-0.05, 0) is 63.1 Å². The Kier molecular flexibility index (Phi) is 8.29. The average Bonchev–Trinajstić information content (AvgIpc) is 3.31. The van der Waals surface area contributed by atoms with Gasteiger partial charge in [-0.1, -0.05) is 44.5 Å². The van der Waals surface area contributed by atoms with Gasteiger partial charge in [-0.15, -0.1) is 0 Å². The molecule has 1 aliphatic carbocycles. The first kappa shape index (κ1) is 24.2. The fraction of sp³-hybridized carbons (Fsp3) is 0.640. The van der Waals surface area contributed by atoms with Crippen molar-refractivity contribution in [3.63, 3.8) is 0 Å². The molecule has 1 saturated heterocycles. The predicted octanol–water partition coefficient (Wildman–Crippen LogP) is 2.31. The van der Waals surface area contributed by atoms with Crippen molar-refractivity contribution in [1.29, 1.82) is 0 Å². The molecule has 1 aliphatic heterocycles. The summed E-state index contributed by atoms with van der Waals surface area (Å²) in [6.07, 6.45) is 5.20. The zero-order valence-corrected chi connectivity index (χ0v) is 19.8. The predicted molar refractivity (Wildman–Crippen MR) is 125 cm³/mol. The van der Waals surface area contributed by atoms with Gasteiger partial charge in [0.2, 0.25) is 17.7 Å². The summed E-state index contributed by atoms with van der Waals surface area (Å²) in [6.45, 7) is 6.29. The van der Waals surface area contributed by atoms with E-state index in [1.807, 2.05) is 26.0 Å². The molecule has 2 aliphatic rings. The summed E-state index contributed by atoms with van der Waals surface area (Å²) in [5.41, 5.74) is 2.48. The van der Waals surface area contributed by atoms with E-state index in [1.54, 1.807) is 18.9 Å². The van der Waals surface area contributed by atoms with Crippen molar-refractivity contribution in [2.45, 2.75) is 83.5 Å². The molecule has 0 bridgehead atoms. The summed E-state index contributed by atoms with van der Waals surface area (Å²) in [4.78, 5) is 41.0. The first-order chi connectivity index (χ1) is 15.4. The Balaban J connectivity index is 1.72. The van der Waals surface area contributed by atoms with E-state index in [-0.39, 0.29) is 29.7 Å². The maximum atomic E-state index is 13.5. The number of hydrogen-bond donors (Lipinski definition) is 3. The van der Waals surface area contributed by atoms with E-state index in [2.05, 4.69) is 28.1 Å². The lowest BCUT2D eigenvalue weighted by molar-refractivity contribution is -0.143. The van der Waals surface area contributed by atoms with Gasteiger partial charge in [0, 0.05) is 6.54 Å². The molecule has 32 heavy (non-hydrogen) atoms. The summed E-state index contributed by atoms with van der Waals surface area (Å²) in [5.74, 6) is -0.469. The number of likely N-dealkylation sites (N-methyl/N-ethyl adjacent to an activating group) is 1. The van der Waals surface area contributed by atoms with Crippen molar-refractivity contribution in [2.75, 3.05) is 13.6 Å². The summed E-state index contributed by atoms with van der Waals surface area (Å²) in [6, 6.07) is 6.76. The molecule has 3 N–H and O–H groups in total. The van der Waals surface area contributed by atoms with Gasteiger partial charge >= 0.3 is 0 Å². The van der Waals surface area contributed by atoms with Crippen LogP contribution in [0.5, 0.6) is 0 Å². The highest BCUT2D eigenvalue weighted by Crippen LogP contribution is 2.30. The first-order valence-corrected chi connectivity index (χ1v) is 12.0. The Labute approximate surface area is 191 Å². The molecule has 176 valence electrons. The Morgan fingerprint density at radius 2 is 1.88 bits per heavy atom. The topological polar surface area (TPSA) is 90.5 Å².